The Hall–Kier alpha value is -2.44. The van der Waals surface area contributed by atoms with Gasteiger partial charge in [-0.2, -0.15) is 13.2 Å². The van der Waals surface area contributed by atoms with Gasteiger partial charge >= 0.3 is 18.2 Å². The fourth-order valence-corrected chi connectivity index (χ4v) is 2.46. The number of nitrogens with one attached hydrogen (secondary N) is 2. The van der Waals surface area contributed by atoms with Crippen LogP contribution in [-0.2, 0) is 10.9 Å². The predicted molar refractivity (Wildman–Crippen MR) is 92.3 cm³/mol. The molecule has 2 rings (SSSR count). The van der Waals surface area contributed by atoms with Gasteiger partial charge in [0.2, 0.25) is 0 Å². The van der Waals surface area contributed by atoms with Crippen molar-refractivity contribution in [3.63, 3.8) is 0 Å². The molecule has 1 aromatic carbocycles. The number of hydrogen-bond acceptors (Lipinski definition) is 4. The van der Waals surface area contributed by atoms with E-state index in [4.69, 9.17) is 0 Å². The Labute approximate surface area is 158 Å². The van der Waals surface area contributed by atoms with Crippen LogP contribution in [0.4, 0.5) is 33.9 Å². The normalized spacial score (nSPS) is 11.0. The van der Waals surface area contributed by atoms with E-state index in [0.29, 0.717) is 15.5 Å². The van der Waals surface area contributed by atoms with E-state index in [1.165, 1.54) is 25.3 Å². The van der Waals surface area contributed by atoms with Gasteiger partial charge in [0.1, 0.15) is 0 Å². The predicted octanol–water partition coefficient (Wildman–Crippen LogP) is 4.27. The molecule has 0 bridgehead atoms. The van der Waals surface area contributed by atoms with E-state index in [2.05, 4.69) is 15.0 Å². The van der Waals surface area contributed by atoms with E-state index >= 15 is 0 Å². The Balaban J connectivity index is 2.11. The van der Waals surface area contributed by atoms with Gasteiger partial charge in [0, 0.05) is 9.77 Å². The molecule has 1 heterocycles. The lowest BCUT2D eigenvalue weighted by atomic mass is 10.2. The molecule has 26 heavy (non-hydrogen) atoms. The van der Waals surface area contributed by atoms with E-state index in [1.807, 2.05) is 27.9 Å². The molecule has 0 radical (unpaired) electrons. The van der Waals surface area contributed by atoms with Crippen molar-refractivity contribution < 1.29 is 31.9 Å². The number of methoxy groups -OCH3 is 1. The molecule has 0 aliphatic heterocycles. The van der Waals surface area contributed by atoms with Crippen LogP contribution in [-0.4, -0.2) is 24.1 Å². The SMILES string of the molecule is COC(=O)c1ccc(NC(=O)Nc2ncc(C(F)(F)F)cc2F)c(I)c1. The Morgan fingerprint density at radius 2 is 1.88 bits per heavy atom. The molecule has 0 saturated heterocycles. The monoisotopic (exact) mass is 483 g/mol. The highest BCUT2D eigenvalue weighted by molar-refractivity contribution is 14.1. The quantitative estimate of drug-likeness (QED) is 0.388. The number of ether oxygens (including phenoxy) is 1. The Morgan fingerprint density at radius 3 is 2.42 bits per heavy atom. The summed E-state index contributed by atoms with van der Waals surface area (Å²) in [7, 11) is 1.22. The maximum Gasteiger partial charge on any atom is 0.417 e. The van der Waals surface area contributed by atoms with Crippen LogP contribution in [0.1, 0.15) is 15.9 Å². The van der Waals surface area contributed by atoms with Gasteiger partial charge in [0.15, 0.2) is 11.6 Å². The molecule has 0 atom stereocenters. The Bertz CT molecular complexity index is 859. The van der Waals surface area contributed by atoms with Crippen molar-refractivity contribution in [3.8, 4) is 0 Å². The second kappa shape index (κ2) is 7.85. The first-order chi connectivity index (χ1) is 12.1. The zero-order chi connectivity index (χ0) is 19.5. The minimum Gasteiger partial charge on any atom is -0.465 e. The maximum absolute atomic E-state index is 13.7. The minimum absolute atomic E-state index is 0.234. The van der Waals surface area contributed by atoms with Gasteiger partial charge in [-0.1, -0.05) is 0 Å². The first kappa shape index (κ1) is 19.9. The van der Waals surface area contributed by atoms with Crippen LogP contribution in [0.15, 0.2) is 30.5 Å². The van der Waals surface area contributed by atoms with Crippen molar-refractivity contribution in [1.29, 1.82) is 0 Å². The van der Waals surface area contributed by atoms with Crippen molar-refractivity contribution in [2.45, 2.75) is 6.18 Å². The molecule has 6 nitrogen and oxygen atoms in total. The van der Waals surface area contributed by atoms with Gasteiger partial charge in [0.05, 0.1) is 23.9 Å². The number of urea groups is 1. The lowest BCUT2D eigenvalue weighted by molar-refractivity contribution is -0.138. The van der Waals surface area contributed by atoms with E-state index in [1.54, 1.807) is 0 Å². The van der Waals surface area contributed by atoms with Gasteiger partial charge < -0.3 is 10.1 Å². The fraction of sp³-hybridized carbons (Fsp3) is 0.133. The van der Waals surface area contributed by atoms with Gasteiger partial charge in [-0.3, -0.25) is 5.32 Å². The highest BCUT2D eigenvalue weighted by Crippen LogP contribution is 2.30. The summed E-state index contributed by atoms with van der Waals surface area (Å²) in [6, 6.07) is 3.60. The van der Waals surface area contributed by atoms with Crippen LogP contribution in [0.2, 0.25) is 0 Å². The second-order valence-electron chi connectivity index (χ2n) is 4.82. The molecule has 2 aromatic rings. The number of nitrogens with zero attached hydrogens (tertiary/aromatic N) is 1. The van der Waals surface area contributed by atoms with Gasteiger partial charge in [0.25, 0.3) is 0 Å². The lowest BCUT2D eigenvalue weighted by Gasteiger charge is -2.11. The average molecular weight is 483 g/mol. The van der Waals surface area contributed by atoms with Crippen LogP contribution in [0.5, 0.6) is 0 Å². The maximum atomic E-state index is 13.7. The number of rotatable bonds is 3. The Morgan fingerprint density at radius 1 is 1.19 bits per heavy atom. The number of esters is 1. The topological polar surface area (TPSA) is 80.3 Å². The summed E-state index contributed by atoms with van der Waals surface area (Å²) in [5.74, 6) is -2.54. The van der Waals surface area contributed by atoms with Crippen LogP contribution >= 0.6 is 22.6 Å². The van der Waals surface area contributed by atoms with Crippen molar-refractivity contribution in [3.05, 3.63) is 51.0 Å². The highest BCUT2D eigenvalue weighted by Gasteiger charge is 2.32. The second-order valence-corrected chi connectivity index (χ2v) is 5.98. The summed E-state index contributed by atoms with van der Waals surface area (Å²) in [5.41, 5.74) is -0.713. The number of carbonyl (C=O) groups excluding carboxylic acids is 2. The van der Waals surface area contributed by atoms with Gasteiger partial charge in [-0.05, 0) is 46.9 Å². The summed E-state index contributed by atoms with van der Waals surface area (Å²) in [6.07, 6.45) is -4.33. The van der Waals surface area contributed by atoms with Crippen molar-refractivity contribution >= 4 is 46.1 Å². The smallest absolute Gasteiger partial charge is 0.417 e. The first-order valence-corrected chi connectivity index (χ1v) is 7.88. The largest absolute Gasteiger partial charge is 0.465 e. The third-order valence-electron chi connectivity index (χ3n) is 3.04. The molecule has 0 aliphatic rings. The number of halogens is 5. The lowest BCUT2D eigenvalue weighted by Crippen LogP contribution is -2.22. The zero-order valence-electron chi connectivity index (χ0n) is 12.9. The number of carbonyl (C=O) groups is 2. The highest BCUT2D eigenvalue weighted by atomic mass is 127. The average Bonchev–Trinajstić information content (AvgIpc) is 2.56. The van der Waals surface area contributed by atoms with Gasteiger partial charge in [-0.25, -0.2) is 19.0 Å². The van der Waals surface area contributed by atoms with Crippen LogP contribution in [0, 0.1) is 9.39 Å². The number of amides is 2. The molecule has 0 spiro atoms. The standard InChI is InChI=1S/C15H10F4IN3O3/c1-26-13(24)7-2-3-11(10(20)4-7)22-14(25)23-12-9(16)5-8(6-21-12)15(17,18)19/h2-6H,1H3,(H2,21,22,23,25). The number of anilines is 2. The van der Waals surface area contributed by atoms with E-state index in [0.717, 1.165) is 0 Å². The van der Waals surface area contributed by atoms with Crippen molar-refractivity contribution in [2.24, 2.45) is 0 Å². The van der Waals surface area contributed by atoms with Crippen molar-refractivity contribution in [2.75, 3.05) is 17.7 Å². The zero-order valence-corrected chi connectivity index (χ0v) is 15.1. The molecule has 2 amide bonds. The minimum atomic E-state index is -4.74. The summed E-state index contributed by atoms with van der Waals surface area (Å²) in [6.45, 7) is 0. The number of hydrogen-bond donors (Lipinski definition) is 2. The third kappa shape index (κ3) is 4.80. The molecule has 0 unspecified atom stereocenters. The molecule has 0 aliphatic carbocycles. The van der Waals surface area contributed by atoms with Crippen LogP contribution < -0.4 is 10.6 Å². The van der Waals surface area contributed by atoms with E-state index < -0.39 is 35.4 Å². The van der Waals surface area contributed by atoms with E-state index in [9.17, 15) is 27.2 Å². The first-order valence-electron chi connectivity index (χ1n) is 6.80. The number of aromatic nitrogens is 1. The molecule has 0 saturated carbocycles. The van der Waals surface area contributed by atoms with Crippen molar-refractivity contribution in [1.82, 2.24) is 4.98 Å². The van der Waals surface area contributed by atoms with Crippen LogP contribution in [0.3, 0.4) is 0 Å². The number of benzene rings is 1. The number of pyridine rings is 1. The molecule has 11 heteroatoms. The fourth-order valence-electron chi connectivity index (χ4n) is 1.81. The molecule has 2 N–H and O–H groups in total. The molecule has 138 valence electrons. The third-order valence-corrected chi connectivity index (χ3v) is 3.93. The summed E-state index contributed by atoms with van der Waals surface area (Å²) in [5, 5.41) is 4.39. The van der Waals surface area contributed by atoms with E-state index in [-0.39, 0.29) is 11.6 Å². The molecule has 0 fully saturated rings. The van der Waals surface area contributed by atoms with Gasteiger partial charge in [-0.15, -0.1) is 0 Å². The molecule has 1 aromatic heterocycles. The number of alkyl halides is 3. The molecular formula is C15H10F4IN3O3. The molecular weight excluding hydrogens is 473 g/mol. The Kier molecular flexibility index (Phi) is 6.00. The van der Waals surface area contributed by atoms with Crippen LogP contribution in [0.25, 0.3) is 0 Å². The summed E-state index contributed by atoms with van der Waals surface area (Å²) >= 11 is 1.85. The summed E-state index contributed by atoms with van der Waals surface area (Å²) < 4.78 is 56.1. The summed E-state index contributed by atoms with van der Waals surface area (Å²) in [4.78, 5) is 26.6.